The normalized spacial score (nSPS) is 42.1. The number of rotatable bonds is 3. The van der Waals surface area contributed by atoms with E-state index >= 15 is 0 Å². The van der Waals surface area contributed by atoms with Crippen molar-refractivity contribution in [2.75, 3.05) is 7.11 Å². The van der Waals surface area contributed by atoms with E-state index in [1.54, 1.807) is 0 Å². The van der Waals surface area contributed by atoms with Crippen LogP contribution < -0.4 is 0 Å². The van der Waals surface area contributed by atoms with Gasteiger partial charge in [0.1, 0.15) is 5.75 Å². The van der Waals surface area contributed by atoms with Crippen LogP contribution in [0.2, 0.25) is 0 Å². The molecule has 3 heteroatoms. The zero-order chi connectivity index (χ0) is 16.5. The van der Waals surface area contributed by atoms with Crippen LogP contribution >= 0.6 is 0 Å². The summed E-state index contributed by atoms with van der Waals surface area (Å²) >= 11 is 0. The second kappa shape index (κ2) is 5.00. The summed E-state index contributed by atoms with van der Waals surface area (Å²) in [6.07, 6.45) is 8.87. The van der Waals surface area contributed by atoms with Gasteiger partial charge in [-0.1, -0.05) is 12.1 Å². The number of hydrogen-bond acceptors (Lipinski definition) is 3. The van der Waals surface area contributed by atoms with Crippen molar-refractivity contribution in [3.05, 3.63) is 29.3 Å². The highest BCUT2D eigenvalue weighted by Gasteiger charge is 2.53. The minimum Gasteiger partial charge on any atom is -0.508 e. The fourth-order valence-electron chi connectivity index (χ4n) is 6.62. The van der Waals surface area contributed by atoms with E-state index in [-0.39, 0.29) is 23.2 Å². The van der Waals surface area contributed by atoms with Crippen LogP contribution in [0.25, 0.3) is 0 Å². The molecule has 0 radical (unpaired) electrons. The Kier molecular flexibility index (Phi) is 3.08. The molecule has 5 aliphatic rings. The average molecular weight is 326 g/mol. The van der Waals surface area contributed by atoms with Gasteiger partial charge in [0.2, 0.25) is 0 Å². The van der Waals surface area contributed by atoms with Crippen LogP contribution in [0.4, 0.5) is 0 Å². The van der Waals surface area contributed by atoms with Crippen molar-refractivity contribution < 1.29 is 14.6 Å². The SMILES string of the molecule is COC(=O)C1CC1c1ccc(O)c(C23CC4CC(CC(C4)C2)C3)c1. The molecule has 3 nitrogen and oxygen atoms in total. The van der Waals surface area contributed by atoms with Gasteiger partial charge in [-0.3, -0.25) is 4.79 Å². The van der Waals surface area contributed by atoms with E-state index < -0.39 is 0 Å². The van der Waals surface area contributed by atoms with Crippen molar-refractivity contribution in [3.8, 4) is 5.75 Å². The van der Waals surface area contributed by atoms with E-state index in [4.69, 9.17) is 4.74 Å². The minimum absolute atomic E-state index is 0.0174. The highest BCUT2D eigenvalue weighted by molar-refractivity contribution is 5.77. The quantitative estimate of drug-likeness (QED) is 0.849. The largest absolute Gasteiger partial charge is 0.508 e. The molecule has 2 unspecified atom stereocenters. The molecular weight excluding hydrogens is 300 g/mol. The lowest BCUT2D eigenvalue weighted by Gasteiger charge is -2.57. The van der Waals surface area contributed by atoms with E-state index in [1.165, 1.54) is 56.8 Å². The van der Waals surface area contributed by atoms with Crippen molar-refractivity contribution in [2.24, 2.45) is 23.7 Å². The zero-order valence-electron chi connectivity index (χ0n) is 14.3. The van der Waals surface area contributed by atoms with Crippen LogP contribution in [0, 0.1) is 23.7 Å². The predicted octanol–water partition coefficient (Wildman–Crippen LogP) is 4.14. The van der Waals surface area contributed by atoms with Gasteiger partial charge in [-0.2, -0.15) is 0 Å². The van der Waals surface area contributed by atoms with E-state index in [1.807, 2.05) is 12.1 Å². The molecule has 5 aliphatic carbocycles. The van der Waals surface area contributed by atoms with Gasteiger partial charge < -0.3 is 9.84 Å². The van der Waals surface area contributed by atoms with E-state index in [9.17, 15) is 9.90 Å². The molecule has 4 bridgehead atoms. The lowest BCUT2D eigenvalue weighted by molar-refractivity contribution is -0.142. The second-order valence-corrected chi connectivity index (χ2v) is 8.95. The van der Waals surface area contributed by atoms with E-state index in [0.717, 1.165) is 24.2 Å². The van der Waals surface area contributed by atoms with Gasteiger partial charge in [0.25, 0.3) is 0 Å². The van der Waals surface area contributed by atoms with Crippen LogP contribution in [0.15, 0.2) is 18.2 Å². The summed E-state index contributed by atoms with van der Waals surface area (Å²) in [4.78, 5) is 11.8. The number of carbonyl (C=O) groups excluding carboxylic acids is 1. The van der Waals surface area contributed by atoms with Crippen molar-refractivity contribution >= 4 is 5.97 Å². The number of aromatic hydroxyl groups is 1. The Morgan fingerprint density at radius 2 is 1.71 bits per heavy atom. The second-order valence-electron chi connectivity index (χ2n) is 8.95. The summed E-state index contributed by atoms with van der Waals surface area (Å²) in [5, 5.41) is 10.6. The van der Waals surface area contributed by atoms with Gasteiger partial charge in [0.05, 0.1) is 13.0 Å². The van der Waals surface area contributed by atoms with Gasteiger partial charge >= 0.3 is 5.97 Å². The lowest BCUT2D eigenvalue weighted by atomic mass is 9.48. The number of ether oxygens (including phenoxy) is 1. The topological polar surface area (TPSA) is 46.5 Å². The first-order valence-corrected chi connectivity index (χ1v) is 9.49. The third-order valence-electron chi connectivity index (χ3n) is 7.35. The Balaban J connectivity index is 1.48. The first-order valence-electron chi connectivity index (χ1n) is 9.49. The van der Waals surface area contributed by atoms with E-state index in [2.05, 4.69) is 6.07 Å². The molecule has 2 atom stereocenters. The van der Waals surface area contributed by atoms with Crippen LogP contribution in [0.3, 0.4) is 0 Å². The van der Waals surface area contributed by atoms with Crippen molar-refractivity contribution in [1.29, 1.82) is 0 Å². The predicted molar refractivity (Wildman–Crippen MR) is 90.8 cm³/mol. The Hall–Kier alpha value is -1.51. The number of methoxy groups -OCH3 is 1. The third-order valence-corrected chi connectivity index (χ3v) is 7.35. The van der Waals surface area contributed by atoms with Crippen LogP contribution in [0.1, 0.15) is 62.0 Å². The fraction of sp³-hybridized carbons (Fsp3) is 0.667. The molecule has 5 fully saturated rings. The molecule has 5 saturated carbocycles. The average Bonchev–Trinajstić information content (AvgIpc) is 3.34. The summed E-state index contributed by atoms with van der Waals surface area (Å²) in [7, 11) is 1.47. The molecule has 24 heavy (non-hydrogen) atoms. The number of benzene rings is 1. The van der Waals surface area contributed by atoms with Crippen molar-refractivity contribution in [3.63, 3.8) is 0 Å². The Labute approximate surface area is 143 Å². The van der Waals surface area contributed by atoms with Gasteiger partial charge in [-0.25, -0.2) is 0 Å². The molecule has 0 aliphatic heterocycles. The molecule has 6 rings (SSSR count). The summed E-state index contributed by atoms with van der Waals surface area (Å²) < 4.78 is 4.89. The molecule has 1 N–H and O–H groups in total. The van der Waals surface area contributed by atoms with Crippen molar-refractivity contribution in [2.45, 2.75) is 56.3 Å². The summed E-state index contributed by atoms with van der Waals surface area (Å²) in [6, 6.07) is 6.11. The smallest absolute Gasteiger partial charge is 0.309 e. The fourth-order valence-corrected chi connectivity index (χ4v) is 6.62. The molecule has 1 aromatic carbocycles. The molecular formula is C21H26O3. The highest BCUT2D eigenvalue weighted by atomic mass is 16.5. The Bertz CT molecular complexity index is 657. The number of carbonyl (C=O) groups is 1. The first-order chi connectivity index (χ1) is 11.6. The van der Waals surface area contributed by atoms with E-state index in [0.29, 0.717) is 5.75 Å². The van der Waals surface area contributed by atoms with Gasteiger partial charge in [-0.05, 0) is 85.7 Å². The maximum absolute atomic E-state index is 11.8. The zero-order valence-corrected chi connectivity index (χ0v) is 14.3. The maximum atomic E-state index is 11.8. The van der Waals surface area contributed by atoms with Gasteiger partial charge in [0, 0.05) is 5.56 Å². The molecule has 0 spiro atoms. The Morgan fingerprint density at radius 1 is 1.08 bits per heavy atom. The lowest BCUT2D eigenvalue weighted by Crippen LogP contribution is -2.48. The van der Waals surface area contributed by atoms with Crippen LogP contribution in [-0.4, -0.2) is 18.2 Å². The number of esters is 1. The standard InChI is InChI=1S/C21H26O3/c1-24-20(23)17-8-16(17)15-2-3-19(22)18(7-15)21-9-12-4-13(10-21)6-14(5-12)11-21/h2-3,7,12-14,16-17,22H,4-6,8-11H2,1H3. The maximum Gasteiger partial charge on any atom is 0.309 e. The molecule has 0 heterocycles. The summed E-state index contributed by atoms with van der Waals surface area (Å²) in [5.74, 6) is 3.27. The number of hydrogen-bond donors (Lipinski definition) is 1. The summed E-state index contributed by atoms with van der Waals surface area (Å²) in [6.45, 7) is 0. The molecule has 0 aromatic heterocycles. The van der Waals surface area contributed by atoms with Crippen LogP contribution in [-0.2, 0) is 14.9 Å². The van der Waals surface area contributed by atoms with Gasteiger partial charge in [0.15, 0.2) is 0 Å². The van der Waals surface area contributed by atoms with Crippen LogP contribution in [0.5, 0.6) is 5.75 Å². The first kappa shape index (κ1) is 14.8. The van der Waals surface area contributed by atoms with Gasteiger partial charge in [-0.15, -0.1) is 0 Å². The highest BCUT2D eigenvalue weighted by Crippen LogP contribution is 2.62. The molecule has 0 saturated heterocycles. The number of phenols is 1. The summed E-state index contributed by atoms with van der Waals surface area (Å²) in [5.41, 5.74) is 2.59. The Morgan fingerprint density at radius 3 is 2.29 bits per heavy atom. The molecule has 128 valence electrons. The number of phenolic OH excluding ortho intramolecular Hbond substituents is 1. The minimum atomic E-state index is -0.0931. The third kappa shape index (κ3) is 2.13. The molecule has 1 aromatic rings. The molecule has 0 amide bonds. The monoisotopic (exact) mass is 326 g/mol. The van der Waals surface area contributed by atoms with Crippen molar-refractivity contribution in [1.82, 2.24) is 0 Å².